The SMILES string of the molecule is CN(C)C(=Nc1c(N=C(N(C)C)N(C)C)c([N+](=O)[O-])c(N=C(N(C)C)N(C)C)c(N=C(N(C)C)N(C)C)c1[N+](=O)[O-])N(C)C. The average Bonchev–Trinajstić information content (AvgIpc) is 2.85. The molecular formula is C26H48N14O4. The first kappa shape index (κ1) is 37.1. The Kier molecular flexibility index (Phi) is 12.7. The molecule has 1 aromatic rings. The lowest BCUT2D eigenvalue weighted by Gasteiger charge is -2.26. The fraction of sp³-hybridized carbons (Fsp3) is 0.615. The van der Waals surface area contributed by atoms with Crippen LogP contribution in [0.4, 0.5) is 34.1 Å². The van der Waals surface area contributed by atoms with E-state index in [4.69, 9.17) is 0 Å². The van der Waals surface area contributed by atoms with Crippen molar-refractivity contribution in [1.29, 1.82) is 0 Å². The largest absolute Gasteiger partial charge is 0.349 e. The van der Waals surface area contributed by atoms with E-state index in [0.717, 1.165) is 0 Å². The van der Waals surface area contributed by atoms with E-state index in [-0.39, 0.29) is 46.6 Å². The maximum atomic E-state index is 13.1. The number of hydrogen-bond acceptors (Lipinski definition) is 8. The topological polar surface area (TPSA) is 162 Å². The van der Waals surface area contributed by atoms with Gasteiger partial charge >= 0.3 is 11.4 Å². The molecule has 18 heteroatoms. The molecule has 0 bridgehead atoms. The summed E-state index contributed by atoms with van der Waals surface area (Å²) in [5.41, 5.74) is -2.55. The van der Waals surface area contributed by atoms with Gasteiger partial charge in [0.05, 0.1) is 9.85 Å². The molecular weight excluding hydrogens is 572 g/mol. The summed E-state index contributed by atoms with van der Waals surface area (Å²) in [6, 6.07) is 0. The van der Waals surface area contributed by atoms with E-state index >= 15 is 0 Å². The van der Waals surface area contributed by atoms with Gasteiger partial charge in [-0.2, -0.15) is 0 Å². The first-order chi connectivity index (χ1) is 20.1. The number of nitrogens with zero attached hydrogens (tertiary/aromatic N) is 14. The van der Waals surface area contributed by atoms with Gasteiger partial charge in [-0.15, -0.1) is 0 Å². The van der Waals surface area contributed by atoms with Crippen molar-refractivity contribution in [3.05, 3.63) is 20.2 Å². The van der Waals surface area contributed by atoms with Gasteiger partial charge in [0.1, 0.15) is 0 Å². The summed E-state index contributed by atoms with van der Waals surface area (Å²) < 4.78 is 0. The Bertz CT molecular complexity index is 1120. The second kappa shape index (κ2) is 15.0. The number of rotatable bonds is 6. The quantitative estimate of drug-likeness (QED) is 0.197. The van der Waals surface area contributed by atoms with Crippen molar-refractivity contribution in [2.75, 3.05) is 113 Å². The molecule has 1 aromatic carbocycles. The first-order valence-corrected chi connectivity index (χ1v) is 13.4. The standard InChI is InChI=1S/C26H48N14O4/c1-31(2)23(32(3)4)27-17-18(28-24(33(5)6)34(7)8)22(40(43)44)20(30-26(37(13)14)38(15)16)19(21(17)39(41)42)29-25(35(9)10)36(11)12/h1-16H3. The van der Waals surface area contributed by atoms with Crippen molar-refractivity contribution < 1.29 is 9.85 Å². The third-order valence-corrected chi connectivity index (χ3v) is 5.76. The van der Waals surface area contributed by atoms with Crippen molar-refractivity contribution in [3.8, 4) is 0 Å². The molecule has 0 saturated carbocycles. The smallest absolute Gasteiger partial charge is 0.325 e. The lowest BCUT2D eigenvalue weighted by molar-refractivity contribution is -0.386. The van der Waals surface area contributed by atoms with Crippen LogP contribution in [-0.2, 0) is 0 Å². The highest BCUT2D eigenvalue weighted by molar-refractivity contribution is 6.05. The molecule has 0 N–H and O–H groups in total. The summed E-state index contributed by atoms with van der Waals surface area (Å²) in [6.07, 6.45) is 0. The zero-order valence-corrected chi connectivity index (χ0v) is 28.9. The first-order valence-electron chi connectivity index (χ1n) is 13.4. The second-order valence-corrected chi connectivity index (χ2v) is 11.4. The highest BCUT2D eigenvalue weighted by Gasteiger charge is 2.39. The molecule has 0 spiro atoms. The highest BCUT2D eigenvalue weighted by Crippen LogP contribution is 2.57. The number of guanidine groups is 4. The highest BCUT2D eigenvalue weighted by atomic mass is 16.6. The van der Waals surface area contributed by atoms with Crippen LogP contribution in [0.1, 0.15) is 0 Å². The zero-order valence-electron chi connectivity index (χ0n) is 28.9. The van der Waals surface area contributed by atoms with Crippen LogP contribution < -0.4 is 0 Å². The van der Waals surface area contributed by atoms with Gasteiger partial charge in [0, 0.05) is 113 Å². The Morgan fingerprint density at radius 1 is 0.386 bits per heavy atom. The van der Waals surface area contributed by atoms with E-state index in [1.165, 1.54) is 0 Å². The van der Waals surface area contributed by atoms with Crippen LogP contribution >= 0.6 is 0 Å². The molecule has 0 atom stereocenters. The second-order valence-electron chi connectivity index (χ2n) is 11.4. The molecule has 0 aliphatic rings. The lowest BCUT2D eigenvalue weighted by Crippen LogP contribution is -2.36. The van der Waals surface area contributed by atoms with Gasteiger partial charge in [0.15, 0.2) is 22.7 Å². The van der Waals surface area contributed by atoms with E-state index < -0.39 is 21.2 Å². The van der Waals surface area contributed by atoms with E-state index in [9.17, 15) is 20.2 Å². The minimum absolute atomic E-state index is 0.281. The number of nitro groups is 2. The predicted octanol–water partition coefficient (Wildman–Crippen LogP) is 1.95. The summed E-state index contributed by atoms with van der Waals surface area (Å²) in [5, 5.41) is 26.2. The lowest BCUT2D eigenvalue weighted by atomic mass is 10.1. The Labute approximate surface area is 260 Å². The number of aliphatic imine (C=N–C) groups is 4. The van der Waals surface area contributed by atoms with Crippen LogP contribution in [0.3, 0.4) is 0 Å². The molecule has 1 rings (SSSR count). The maximum Gasteiger partial charge on any atom is 0.325 e. The molecule has 0 unspecified atom stereocenters. The summed E-state index contributed by atoms with van der Waals surface area (Å²) in [5.74, 6) is 1.13. The molecule has 246 valence electrons. The third-order valence-electron chi connectivity index (χ3n) is 5.76. The van der Waals surface area contributed by atoms with Crippen LogP contribution in [0.5, 0.6) is 0 Å². The normalized spacial score (nSPS) is 10.2. The van der Waals surface area contributed by atoms with Crippen molar-refractivity contribution in [2.24, 2.45) is 20.0 Å². The van der Waals surface area contributed by atoms with Crippen LogP contribution in [0.25, 0.3) is 0 Å². The predicted molar refractivity (Wildman–Crippen MR) is 178 cm³/mol. The van der Waals surface area contributed by atoms with Crippen molar-refractivity contribution in [2.45, 2.75) is 0 Å². The Balaban J connectivity index is 5.12. The number of hydrogen-bond donors (Lipinski definition) is 0. The maximum absolute atomic E-state index is 13.1. The van der Waals surface area contributed by atoms with Gasteiger partial charge in [-0.05, 0) is 0 Å². The van der Waals surface area contributed by atoms with E-state index in [1.54, 1.807) is 152 Å². The van der Waals surface area contributed by atoms with Crippen LogP contribution in [-0.4, -0.2) is 186 Å². The van der Waals surface area contributed by atoms with Gasteiger partial charge < -0.3 is 39.2 Å². The summed E-state index contributed by atoms with van der Waals surface area (Å²) in [7, 11) is 27.4. The fourth-order valence-electron chi connectivity index (χ4n) is 4.24. The molecule has 0 aliphatic carbocycles. The molecule has 18 nitrogen and oxygen atoms in total. The van der Waals surface area contributed by atoms with Gasteiger partial charge in [-0.3, -0.25) is 20.2 Å². The van der Waals surface area contributed by atoms with Gasteiger partial charge in [-0.25, -0.2) is 20.0 Å². The van der Waals surface area contributed by atoms with E-state index in [1.807, 2.05) is 0 Å². The van der Waals surface area contributed by atoms with E-state index in [2.05, 4.69) is 20.0 Å². The minimum Gasteiger partial charge on any atom is -0.349 e. The summed E-state index contributed by atoms with van der Waals surface area (Å²) in [6.45, 7) is 0. The van der Waals surface area contributed by atoms with Crippen LogP contribution in [0.2, 0.25) is 0 Å². The Hall–Kier alpha value is -4.90. The summed E-state index contributed by atoms with van der Waals surface area (Å²) >= 11 is 0. The molecule has 0 aliphatic heterocycles. The molecule has 0 saturated heterocycles. The van der Waals surface area contributed by atoms with Gasteiger partial charge in [0.2, 0.25) is 23.8 Å². The van der Waals surface area contributed by atoms with Gasteiger partial charge in [0.25, 0.3) is 0 Å². The van der Waals surface area contributed by atoms with E-state index in [0.29, 0.717) is 0 Å². The number of nitro benzene ring substituents is 2. The average molecular weight is 621 g/mol. The molecule has 0 fully saturated rings. The van der Waals surface area contributed by atoms with Gasteiger partial charge in [-0.1, -0.05) is 0 Å². The zero-order chi connectivity index (χ0) is 34.4. The molecule has 0 amide bonds. The van der Waals surface area contributed by atoms with Crippen LogP contribution in [0, 0.1) is 20.2 Å². The third kappa shape index (κ3) is 8.57. The monoisotopic (exact) mass is 620 g/mol. The molecule has 0 radical (unpaired) electrons. The van der Waals surface area contributed by atoms with Crippen LogP contribution in [0.15, 0.2) is 20.0 Å². The molecule has 44 heavy (non-hydrogen) atoms. The van der Waals surface area contributed by atoms with Crippen molar-refractivity contribution in [1.82, 2.24) is 39.2 Å². The Morgan fingerprint density at radius 3 is 0.614 bits per heavy atom. The fourth-order valence-corrected chi connectivity index (χ4v) is 4.24. The molecule has 0 aromatic heterocycles. The number of benzene rings is 1. The van der Waals surface area contributed by atoms with Crippen molar-refractivity contribution >= 4 is 58.0 Å². The minimum atomic E-state index is -0.651. The molecule has 0 heterocycles. The van der Waals surface area contributed by atoms with Crippen molar-refractivity contribution in [3.63, 3.8) is 0 Å². The Morgan fingerprint density at radius 2 is 0.523 bits per heavy atom. The summed E-state index contributed by atoms with van der Waals surface area (Å²) in [4.78, 5) is 56.6.